The molecule has 0 radical (unpaired) electrons. The van der Waals surface area contributed by atoms with Gasteiger partial charge in [0.1, 0.15) is 5.82 Å². The number of carbonyl (C=O) groups excluding carboxylic acids is 4. The standard InChI is InChI=1S/C22H22ClFN2O4S/c23-16-12-17(24)18(26-20(28)13-5-1-2-6-14(13)21(26)29)11-15(16)22(30)31-10-7-19(27)25-8-3-4-9-25/h11-12H,1-10H2. The molecule has 0 aromatic heterocycles. The highest BCUT2D eigenvalue weighted by atomic mass is 35.5. The fraction of sp³-hybridized carbons (Fsp3) is 0.455. The van der Waals surface area contributed by atoms with Crippen molar-refractivity contribution < 1.29 is 23.6 Å². The van der Waals surface area contributed by atoms with E-state index in [0.717, 1.165) is 61.5 Å². The Kier molecular flexibility index (Phi) is 6.48. The first-order valence-corrected chi connectivity index (χ1v) is 11.8. The number of amides is 3. The fourth-order valence-corrected chi connectivity index (χ4v) is 5.34. The van der Waals surface area contributed by atoms with Crippen LogP contribution in [0.2, 0.25) is 5.02 Å². The number of hydrogen-bond acceptors (Lipinski definition) is 5. The van der Waals surface area contributed by atoms with Gasteiger partial charge in [0.25, 0.3) is 11.8 Å². The Morgan fingerprint density at radius 3 is 2.23 bits per heavy atom. The van der Waals surface area contributed by atoms with Crippen molar-refractivity contribution in [1.82, 2.24) is 4.90 Å². The summed E-state index contributed by atoms with van der Waals surface area (Å²) in [4.78, 5) is 52.9. The molecule has 0 saturated carbocycles. The van der Waals surface area contributed by atoms with E-state index in [0.29, 0.717) is 24.0 Å². The van der Waals surface area contributed by atoms with Crippen LogP contribution in [0, 0.1) is 5.82 Å². The van der Waals surface area contributed by atoms with E-state index in [4.69, 9.17) is 11.6 Å². The molecule has 0 atom stereocenters. The van der Waals surface area contributed by atoms with E-state index in [1.54, 1.807) is 4.90 Å². The predicted molar refractivity (Wildman–Crippen MR) is 117 cm³/mol. The van der Waals surface area contributed by atoms with E-state index in [2.05, 4.69) is 0 Å². The van der Waals surface area contributed by atoms with E-state index in [1.165, 1.54) is 6.07 Å². The Morgan fingerprint density at radius 2 is 1.61 bits per heavy atom. The largest absolute Gasteiger partial charge is 0.343 e. The monoisotopic (exact) mass is 464 g/mol. The van der Waals surface area contributed by atoms with Gasteiger partial charge in [0.15, 0.2) is 0 Å². The van der Waals surface area contributed by atoms with Gasteiger partial charge in [-0.15, -0.1) is 0 Å². The van der Waals surface area contributed by atoms with Crippen molar-refractivity contribution in [2.24, 2.45) is 0 Å². The van der Waals surface area contributed by atoms with Crippen LogP contribution in [0.5, 0.6) is 0 Å². The summed E-state index contributed by atoms with van der Waals surface area (Å²) in [5, 5.41) is -0.529. The highest BCUT2D eigenvalue weighted by molar-refractivity contribution is 8.14. The van der Waals surface area contributed by atoms with Crippen LogP contribution in [0.15, 0.2) is 23.3 Å². The van der Waals surface area contributed by atoms with Gasteiger partial charge in [-0.3, -0.25) is 19.2 Å². The number of halogens is 2. The van der Waals surface area contributed by atoms with Crippen LogP contribution in [-0.2, 0) is 14.4 Å². The van der Waals surface area contributed by atoms with Gasteiger partial charge in [0.05, 0.1) is 10.7 Å². The molecule has 31 heavy (non-hydrogen) atoms. The summed E-state index contributed by atoms with van der Waals surface area (Å²) in [5.41, 5.74) is 0.634. The average Bonchev–Trinajstić information content (AvgIpc) is 3.37. The molecule has 1 fully saturated rings. The molecule has 4 rings (SSSR count). The zero-order valence-corrected chi connectivity index (χ0v) is 18.5. The second-order valence-corrected chi connectivity index (χ2v) is 9.34. The first-order chi connectivity index (χ1) is 14.9. The second-order valence-electron chi connectivity index (χ2n) is 7.87. The summed E-state index contributed by atoms with van der Waals surface area (Å²) < 4.78 is 14.7. The van der Waals surface area contributed by atoms with Crippen molar-refractivity contribution in [3.05, 3.63) is 39.7 Å². The number of imide groups is 1. The number of likely N-dealkylation sites (tertiary alicyclic amines) is 1. The summed E-state index contributed by atoms with van der Waals surface area (Å²) >= 11 is 7.01. The molecular weight excluding hydrogens is 443 g/mol. The van der Waals surface area contributed by atoms with Crippen molar-refractivity contribution in [1.29, 1.82) is 0 Å². The SMILES string of the molecule is O=C(SCCC(=O)N1CCCC1)c1cc(N2C(=O)C3=C(CCCC3)C2=O)c(F)cc1Cl. The lowest BCUT2D eigenvalue weighted by Crippen LogP contribution is -2.32. The van der Waals surface area contributed by atoms with Gasteiger partial charge in [-0.25, -0.2) is 9.29 Å². The van der Waals surface area contributed by atoms with Crippen molar-refractivity contribution in [2.45, 2.75) is 44.9 Å². The number of rotatable bonds is 5. The molecule has 1 aromatic carbocycles. The Morgan fingerprint density at radius 1 is 1.00 bits per heavy atom. The maximum absolute atomic E-state index is 14.7. The number of anilines is 1. The highest BCUT2D eigenvalue weighted by Gasteiger charge is 2.41. The van der Waals surface area contributed by atoms with Gasteiger partial charge in [-0.1, -0.05) is 23.4 Å². The molecule has 1 saturated heterocycles. The minimum absolute atomic E-state index is 0.00797. The van der Waals surface area contributed by atoms with Gasteiger partial charge in [0.2, 0.25) is 11.0 Å². The van der Waals surface area contributed by atoms with Gasteiger partial charge < -0.3 is 4.90 Å². The first-order valence-electron chi connectivity index (χ1n) is 10.4. The lowest BCUT2D eigenvalue weighted by molar-refractivity contribution is -0.129. The molecule has 2 heterocycles. The van der Waals surface area contributed by atoms with Gasteiger partial charge >= 0.3 is 0 Å². The summed E-state index contributed by atoms with van der Waals surface area (Å²) in [6.07, 6.45) is 4.84. The lowest BCUT2D eigenvalue weighted by atomic mass is 9.93. The molecule has 1 aliphatic carbocycles. The van der Waals surface area contributed by atoms with Crippen LogP contribution in [0.1, 0.15) is 55.3 Å². The second kappa shape index (κ2) is 9.12. The third-order valence-corrected chi connectivity index (χ3v) is 7.10. The topological polar surface area (TPSA) is 74.8 Å². The molecule has 0 bridgehead atoms. The van der Waals surface area contributed by atoms with Gasteiger partial charge in [-0.05, 0) is 50.7 Å². The Labute approximate surface area is 188 Å². The highest BCUT2D eigenvalue weighted by Crippen LogP contribution is 2.38. The van der Waals surface area contributed by atoms with Crippen LogP contribution in [0.3, 0.4) is 0 Å². The molecule has 0 unspecified atom stereocenters. The molecule has 0 spiro atoms. The average molecular weight is 465 g/mol. The van der Waals surface area contributed by atoms with E-state index in [-0.39, 0.29) is 34.4 Å². The predicted octanol–water partition coefficient (Wildman–Crippen LogP) is 4.11. The quantitative estimate of drug-likeness (QED) is 0.613. The number of benzene rings is 1. The zero-order valence-electron chi connectivity index (χ0n) is 16.9. The van der Waals surface area contributed by atoms with E-state index in [1.807, 2.05) is 0 Å². The maximum atomic E-state index is 14.7. The smallest absolute Gasteiger partial charge is 0.261 e. The maximum Gasteiger partial charge on any atom is 0.261 e. The van der Waals surface area contributed by atoms with Crippen molar-refractivity contribution in [3.63, 3.8) is 0 Å². The minimum Gasteiger partial charge on any atom is -0.343 e. The Balaban J connectivity index is 1.49. The first kappa shape index (κ1) is 22.0. The molecule has 2 aliphatic heterocycles. The van der Waals surface area contributed by atoms with Gasteiger partial charge in [0, 0.05) is 42.0 Å². The summed E-state index contributed by atoms with van der Waals surface area (Å²) in [7, 11) is 0. The van der Waals surface area contributed by atoms with Crippen LogP contribution in [-0.4, -0.2) is 46.6 Å². The molecule has 1 aromatic rings. The Hall–Kier alpha value is -2.19. The van der Waals surface area contributed by atoms with E-state index < -0.39 is 22.7 Å². The third kappa shape index (κ3) is 4.28. The molecular formula is C22H22ClFN2O4S. The number of nitrogens with zero attached hydrogens (tertiary/aromatic N) is 2. The third-order valence-electron chi connectivity index (χ3n) is 5.90. The summed E-state index contributed by atoms with van der Waals surface area (Å²) in [6.45, 7) is 1.50. The zero-order chi connectivity index (χ0) is 22.1. The summed E-state index contributed by atoms with van der Waals surface area (Å²) in [5.74, 6) is -1.61. The molecule has 3 aliphatic rings. The van der Waals surface area contributed by atoms with Crippen molar-refractivity contribution >= 4 is 51.9 Å². The van der Waals surface area contributed by atoms with Crippen LogP contribution in [0.25, 0.3) is 0 Å². The molecule has 6 nitrogen and oxygen atoms in total. The molecule has 3 amide bonds. The summed E-state index contributed by atoms with van der Waals surface area (Å²) in [6, 6.07) is 2.13. The van der Waals surface area contributed by atoms with Crippen LogP contribution >= 0.6 is 23.4 Å². The normalized spacial score (nSPS) is 18.8. The van der Waals surface area contributed by atoms with Crippen LogP contribution in [0.4, 0.5) is 10.1 Å². The molecule has 0 N–H and O–H groups in total. The Bertz CT molecular complexity index is 975. The van der Waals surface area contributed by atoms with E-state index in [9.17, 15) is 23.6 Å². The number of carbonyl (C=O) groups is 4. The van der Waals surface area contributed by atoms with E-state index >= 15 is 0 Å². The fourth-order valence-electron chi connectivity index (χ4n) is 4.26. The molecule has 9 heteroatoms. The number of thioether (sulfide) groups is 1. The molecule has 164 valence electrons. The number of hydrogen-bond donors (Lipinski definition) is 0. The lowest BCUT2D eigenvalue weighted by Gasteiger charge is -2.18. The van der Waals surface area contributed by atoms with Gasteiger partial charge in [-0.2, -0.15) is 0 Å². The van der Waals surface area contributed by atoms with Crippen LogP contribution < -0.4 is 4.90 Å². The van der Waals surface area contributed by atoms with Crippen molar-refractivity contribution in [2.75, 3.05) is 23.7 Å². The minimum atomic E-state index is -0.836. The van der Waals surface area contributed by atoms with Crippen molar-refractivity contribution in [3.8, 4) is 0 Å².